The molecule has 0 aromatic rings. The SMILES string of the molecule is CCCCCCC1([C@@]2(F)C=C[C@@H](COC[C@@H]3C=C[C@](F)(C4(CCCCCC)CCCCC4)C(F)=C3)C=C2F)CCCCC1. The highest BCUT2D eigenvalue weighted by Gasteiger charge is 2.55. The van der Waals surface area contributed by atoms with E-state index in [2.05, 4.69) is 13.8 Å². The number of unbranched alkanes of at least 4 members (excludes halogenated alkanes) is 6. The molecule has 1 nitrogen and oxygen atoms in total. The topological polar surface area (TPSA) is 9.23 Å². The molecular weight excluding hydrogens is 548 g/mol. The lowest BCUT2D eigenvalue weighted by atomic mass is 9.60. The van der Waals surface area contributed by atoms with Gasteiger partial charge in [-0.25, -0.2) is 17.6 Å². The molecule has 0 N–H and O–H groups in total. The fourth-order valence-corrected chi connectivity index (χ4v) is 8.64. The first-order valence-electron chi connectivity index (χ1n) is 17.8. The molecule has 0 aliphatic heterocycles. The number of hydrogen-bond acceptors (Lipinski definition) is 1. The van der Waals surface area contributed by atoms with Crippen LogP contribution in [0.3, 0.4) is 0 Å². The monoisotopic (exact) mass is 606 g/mol. The summed E-state index contributed by atoms with van der Waals surface area (Å²) in [5.41, 5.74) is -5.43. The van der Waals surface area contributed by atoms with Crippen LogP contribution in [-0.4, -0.2) is 24.6 Å². The molecule has 244 valence electrons. The molecule has 0 amide bonds. The molecule has 0 aromatic carbocycles. The van der Waals surface area contributed by atoms with E-state index in [1.54, 1.807) is 12.2 Å². The average Bonchev–Trinajstić information content (AvgIpc) is 3.02. The molecule has 0 saturated heterocycles. The maximum atomic E-state index is 16.6. The normalized spacial score (nSPS) is 32.0. The van der Waals surface area contributed by atoms with Crippen molar-refractivity contribution < 1.29 is 22.3 Å². The van der Waals surface area contributed by atoms with Gasteiger partial charge in [0.25, 0.3) is 0 Å². The Morgan fingerprint density at radius 3 is 1.35 bits per heavy atom. The van der Waals surface area contributed by atoms with Gasteiger partial charge >= 0.3 is 0 Å². The van der Waals surface area contributed by atoms with Crippen LogP contribution >= 0.6 is 0 Å². The highest BCUT2D eigenvalue weighted by Crippen LogP contribution is 2.57. The van der Waals surface area contributed by atoms with Crippen molar-refractivity contribution in [1.29, 1.82) is 0 Å². The van der Waals surface area contributed by atoms with Crippen molar-refractivity contribution in [1.82, 2.24) is 0 Å². The van der Waals surface area contributed by atoms with E-state index in [0.717, 1.165) is 128 Å². The van der Waals surface area contributed by atoms with Crippen molar-refractivity contribution in [3.05, 3.63) is 48.1 Å². The number of hydrogen-bond donors (Lipinski definition) is 0. The standard InChI is InChI=1S/C38H58F4O/c1-3-5-7-11-19-35(21-13-9-14-22-35)37(41)25-17-31(27-33(37)39)29-43-30-32-18-26-38(42,34(40)28-32)36(20-12-8-6-4-2)23-15-10-16-24-36/h17-18,25-28,31-32H,3-16,19-24,29-30H2,1-2H3/t31-,32-,37-,38-/m1/s1. The highest BCUT2D eigenvalue weighted by molar-refractivity contribution is 5.34. The van der Waals surface area contributed by atoms with E-state index in [0.29, 0.717) is 0 Å². The number of ether oxygens (including phenoxy) is 1. The van der Waals surface area contributed by atoms with Crippen LogP contribution in [0.4, 0.5) is 17.6 Å². The molecule has 4 rings (SSSR count). The molecule has 43 heavy (non-hydrogen) atoms. The quantitative estimate of drug-likeness (QED) is 0.0965. The van der Waals surface area contributed by atoms with Crippen LogP contribution in [0, 0.1) is 22.7 Å². The second-order valence-electron chi connectivity index (χ2n) is 14.3. The number of allylic oxidation sites excluding steroid dienone is 4. The maximum Gasteiger partial charge on any atom is 0.185 e. The zero-order valence-corrected chi connectivity index (χ0v) is 27.1. The number of alkyl halides is 2. The van der Waals surface area contributed by atoms with Gasteiger partial charge in [0, 0.05) is 22.7 Å². The Hall–Kier alpha value is -1.36. The van der Waals surface area contributed by atoms with Crippen molar-refractivity contribution >= 4 is 0 Å². The molecule has 2 saturated carbocycles. The predicted molar refractivity (Wildman–Crippen MR) is 171 cm³/mol. The Morgan fingerprint density at radius 2 is 1.00 bits per heavy atom. The van der Waals surface area contributed by atoms with Gasteiger partial charge in [-0.2, -0.15) is 0 Å². The Morgan fingerprint density at radius 1 is 0.605 bits per heavy atom. The third-order valence-electron chi connectivity index (χ3n) is 11.4. The Bertz CT molecular complexity index is 908. The van der Waals surface area contributed by atoms with Gasteiger partial charge in [-0.15, -0.1) is 0 Å². The van der Waals surface area contributed by atoms with Crippen LogP contribution < -0.4 is 0 Å². The van der Waals surface area contributed by atoms with Crippen LogP contribution in [0.25, 0.3) is 0 Å². The first-order chi connectivity index (χ1) is 20.7. The van der Waals surface area contributed by atoms with Gasteiger partial charge in [0.2, 0.25) is 0 Å². The molecule has 0 radical (unpaired) electrons. The van der Waals surface area contributed by atoms with E-state index < -0.39 is 33.8 Å². The fourth-order valence-electron chi connectivity index (χ4n) is 8.64. The zero-order valence-electron chi connectivity index (χ0n) is 27.1. The molecular formula is C38H58F4O. The molecule has 2 fully saturated rings. The predicted octanol–water partition coefficient (Wildman–Crippen LogP) is 12.3. The van der Waals surface area contributed by atoms with Gasteiger partial charge in [0.1, 0.15) is 11.7 Å². The maximum absolute atomic E-state index is 16.6. The van der Waals surface area contributed by atoms with E-state index in [9.17, 15) is 0 Å². The van der Waals surface area contributed by atoms with E-state index in [-0.39, 0.29) is 25.0 Å². The highest BCUT2D eigenvalue weighted by atomic mass is 19.2. The lowest BCUT2D eigenvalue weighted by Crippen LogP contribution is -2.47. The molecule has 0 aromatic heterocycles. The summed E-state index contributed by atoms with van der Waals surface area (Å²) in [7, 11) is 0. The van der Waals surface area contributed by atoms with Crippen LogP contribution in [0.2, 0.25) is 0 Å². The smallest absolute Gasteiger partial charge is 0.185 e. The average molecular weight is 607 g/mol. The van der Waals surface area contributed by atoms with Crippen molar-refractivity contribution in [3.8, 4) is 0 Å². The summed E-state index contributed by atoms with van der Waals surface area (Å²) in [6, 6.07) is 0. The molecule has 0 bridgehead atoms. The first-order valence-corrected chi connectivity index (χ1v) is 17.8. The fraction of sp³-hybridized carbons (Fsp3) is 0.789. The van der Waals surface area contributed by atoms with Crippen LogP contribution in [-0.2, 0) is 4.74 Å². The largest absolute Gasteiger partial charge is 0.380 e. The number of rotatable bonds is 16. The molecule has 0 heterocycles. The second kappa shape index (κ2) is 15.8. The van der Waals surface area contributed by atoms with Crippen LogP contribution in [0.15, 0.2) is 48.1 Å². The Labute approximate surface area is 259 Å². The first kappa shape index (κ1) is 34.5. The minimum Gasteiger partial charge on any atom is -0.380 e. The second-order valence-corrected chi connectivity index (χ2v) is 14.3. The lowest BCUT2D eigenvalue weighted by molar-refractivity contribution is -0.00335. The lowest BCUT2D eigenvalue weighted by Gasteiger charge is -2.47. The van der Waals surface area contributed by atoms with Crippen molar-refractivity contribution in [2.24, 2.45) is 22.7 Å². The summed E-state index contributed by atoms with van der Waals surface area (Å²) < 4.78 is 70.2. The molecule has 4 aliphatic rings. The van der Waals surface area contributed by atoms with Gasteiger partial charge in [0.15, 0.2) is 11.3 Å². The molecule has 4 aliphatic carbocycles. The van der Waals surface area contributed by atoms with Crippen LogP contribution in [0.1, 0.15) is 142 Å². The van der Waals surface area contributed by atoms with Gasteiger partial charge in [0.05, 0.1) is 13.2 Å². The van der Waals surface area contributed by atoms with Gasteiger partial charge in [-0.3, -0.25) is 0 Å². The minimum atomic E-state index is -2.05. The van der Waals surface area contributed by atoms with Gasteiger partial charge in [-0.05, 0) is 62.8 Å². The summed E-state index contributed by atoms with van der Waals surface area (Å²) in [4.78, 5) is 0. The number of halogens is 4. The summed E-state index contributed by atoms with van der Waals surface area (Å²) in [5, 5.41) is 0. The van der Waals surface area contributed by atoms with Gasteiger partial charge < -0.3 is 4.74 Å². The van der Waals surface area contributed by atoms with E-state index in [1.807, 2.05) is 0 Å². The summed E-state index contributed by atoms with van der Waals surface area (Å²) >= 11 is 0. The van der Waals surface area contributed by atoms with E-state index in [4.69, 9.17) is 4.74 Å². The van der Waals surface area contributed by atoms with Crippen molar-refractivity contribution in [2.45, 2.75) is 154 Å². The van der Waals surface area contributed by atoms with Gasteiger partial charge in [-0.1, -0.05) is 116 Å². The van der Waals surface area contributed by atoms with Crippen molar-refractivity contribution in [3.63, 3.8) is 0 Å². The summed E-state index contributed by atoms with van der Waals surface area (Å²) in [6.45, 7) is 4.70. The van der Waals surface area contributed by atoms with Crippen LogP contribution in [0.5, 0.6) is 0 Å². The molecule has 0 spiro atoms. The molecule has 4 atom stereocenters. The molecule has 0 unspecified atom stereocenters. The Balaban J connectivity index is 1.34. The molecule has 5 heteroatoms. The summed E-state index contributed by atoms with van der Waals surface area (Å²) in [5.74, 6) is -2.10. The minimum absolute atomic E-state index is 0.186. The van der Waals surface area contributed by atoms with E-state index >= 15 is 17.6 Å². The third-order valence-corrected chi connectivity index (χ3v) is 11.4. The van der Waals surface area contributed by atoms with E-state index in [1.165, 1.54) is 24.3 Å². The summed E-state index contributed by atoms with van der Waals surface area (Å²) in [6.07, 6.45) is 28.1. The van der Waals surface area contributed by atoms with Crippen molar-refractivity contribution in [2.75, 3.05) is 13.2 Å². The Kier molecular flexibility index (Phi) is 12.7. The third kappa shape index (κ3) is 7.72. The zero-order chi connectivity index (χ0) is 30.8.